The lowest BCUT2D eigenvalue weighted by atomic mass is 10.2. The first-order valence-electron chi connectivity index (χ1n) is 5.56. The van der Waals surface area contributed by atoms with Gasteiger partial charge in [-0.1, -0.05) is 12.1 Å². The molecule has 1 N–H and O–H groups in total. The van der Waals surface area contributed by atoms with E-state index >= 15 is 0 Å². The second-order valence-corrected chi connectivity index (χ2v) is 3.61. The Hall–Kier alpha value is -2.88. The van der Waals surface area contributed by atoms with Gasteiger partial charge in [0.1, 0.15) is 11.6 Å². The number of aromatic nitrogens is 1. The fraction of sp³-hybridized carbons (Fsp3) is 0.167. The molecule has 2 rings (SSSR count). The van der Waals surface area contributed by atoms with Gasteiger partial charge in [0.05, 0.1) is 4.92 Å². The predicted octanol–water partition coefficient (Wildman–Crippen LogP) is 2.55. The van der Waals surface area contributed by atoms with E-state index < -0.39 is 4.92 Å². The number of nitro benzene ring substituents is 1. The first kappa shape index (κ1) is 12.6. The molecule has 0 aliphatic heterocycles. The molecule has 96 valence electrons. The molecule has 0 spiro atoms. The molecule has 1 aromatic heterocycles. The third-order valence-electron chi connectivity index (χ3n) is 2.40. The molecule has 1 aromatic carbocycles. The van der Waals surface area contributed by atoms with Crippen molar-refractivity contribution >= 4 is 11.6 Å². The van der Waals surface area contributed by atoms with E-state index in [2.05, 4.69) is 10.3 Å². The normalized spacial score (nSPS) is 9.89. The standard InChI is InChI=1S/C12H10N4O3/c1-2-14-12-9(7-13)15-11(19-12)8-5-3-4-6-10(8)16(17)18/h3-6,14H,2H2,1H3. The van der Waals surface area contributed by atoms with E-state index in [1.807, 2.05) is 13.0 Å². The van der Waals surface area contributed by atoms with Gasteiger partial charge in [0.2, 0.25) is 17.5 Å². The Morgan fingerprint density at radius 3 is 2.89 bits per heavy atom. The van der Waals surface area contributed by atoms with Gasteiger partial charge in [-0.05, 0) is 13.0 Å². The number of oxazole rings is 1. The molecular weight excluding hydrogens is 248 g/mol. The summed E-state index contributed by atoms with van der Waals surface area (Å²) in [5.41, 5.74) is 0.208. The highest BCUT2D eigenvalue weighted by molar-refractivity contribution is 5.68. The van der Waals surface area contributed by atoms with Crippen molar-refractivity contribution in [1.29, 1.82) is 5.26 Å². The Bertz CT molecular complexity index is 657. The van der Waals surface area contributed by atoms with Crippen LogP contribution in [0.15, 0.2) is 28.7 Å². The van der Waals surface area contributed by atoms with Crippen LogP contribution in [0.1, 0.15) is 12.6 Å². The van der Waals surface area contributed by atoms with Crippen LogP contribution in [0.2, 0.25) is 0 Å². The van der Waals surface area contributed by atoms with Crippen LogP contribution in [0.3, 0.4) is 0 Å². The van der Waals surface area contributed by atoms with Gasteiger partial charge in [-0.3, -0.25) is 10.1 Å². The van der Waals surface area contributed by atoms with Crippen LogP contribution in [0.25, 0.3) is 11.5 Å². The van der Waals surface area contributed by atoms with Gasteiger partial charge >= 0.3 is 0 Å². The summed E-state index contributed by atoms with van der Waals surface area (Å²) in [4.78, 5) is 14.4. The van der Waals surface area contributed by atoms with Crippen molar-refractivity contribution in [2.45, 2.75) is 6.92 Å². The Morgan fingerprint density at radius 1 is 1.53 bits per heavy atom. The number of para-hydroxylation sites is 1. The average molecular weight is 258 g/mol. The fourth-order valence-electron chi connectivity index (χ4n) is 1.61. The zero-order valence-electron chi connectivity index (χ0n) is 10.1. The molecule has 2 aromatic rings. The number of hydrogen-bond acceptors (Lipinski definition) is 6. The van der Waals surface area contributed by atoms with E-state index in [9.17, 15) is 10.1 Å². The summed E-state index contributed by atoms with van der Waals surface area (Å²) >= 11 is 0. The van der Waals surface area contributed by atoms with Crippen molar-refractivity contribution in [1.82, 2.24) is 4.98 Å². The lowest BCUT2D eigenvalue weighted by Gasteiger charge is -1.98. The van der Waals surface area contributed by atoms with E-state index in [0.717, 1.165) is 0 Å². The molecule has 0 amide bonds. The van der Waals surface area contributed by atoms with Gasteiger partial charge in [0.25, 0.3) is 5.69 Å². The molecule has 7 nitrogen and oxygen atoms in total. The van der Waals surface area contributed by atoms with Crippen molar-refractivity contribution in [2.24, 2.45) is 0 Å². The van der Waals surface area contributed by atoms with Crippen molar-refractivity contribution in [3.8, 4) is 17.5 Å². The maximum Gasteiger partial charge on any atom is 0.282 e. The number of nitro groups is 1. The molecule has 1 heterocycles. The third kappa shape index (κ3) is 2.37. The van der Waals surface area contributed by atoms with Crippen LogP contribution in [0.4, 0.5) is 11.6 Å². The Labute approximate surface area is 108 Å². The smallest absolute Gasteiger partial charge is 0.282 e. The molecule has 7 heteroatoms. The van der Waals surface area contributed by atoms with Gasteiger partial charge in [0.15, 0.2) is 0 Å². The van der Waals surface area contributed by atoms with Gasteiger partial charge in [-0.25, -0.2) is 0 Å². The highest BCUT2D eigenvalue weighted by atomic mass is 16.6. The summed E-state index contributed by atoms with van der Waals surface area (Å²) in [5, 5.41) is 22.7. The second kappa shape index (κ2) is 5.18. The quantitative estimate of drug-likeness (QED) is 0.667. The van der Waals surface area contributed by atoms with Crippen molar-refractivity contribution in [3.05, 3.63) is 40.1 Å². The van der Waals surface area contributed by atoms with E-state index in [4.69, 9.17) is 9.68 Å². The Balaban J connectivity index is 2.54. The summed E-state index contributed by atoms with van der Waals surface area (Å²) in [6.07, 6.45) is 0. The first-order chi connectivity index (χ1) is 9.17. The molecule has 0 saturated heterocycles. The number of nitrogens with one attached hydrogen (secondary N) is 1. The van der Waals surface area contributed by atoms with Gasteiger partial charge in [-0.2, -0.15) is 10.2 Å². The number of nitrogens with zero attached hydrogens (tertiary/aromatic N) is 3. The van der Waals surface area contributed by atoms with Gasteiger partial charge in [0, 0.05) is 12.6 Å². The summed E-state index contributed by atoms with van der Waals surface area (Å²) in [5.74, 6) is 0.276. The van der Waals surface area contributed by atoms with E-state index in [-0.39, 0.29) is 28.7 Å². The van der Waals surface area contributed by atoms with Crippen LogP contribution in [-0.2, 0) is 0 Å². The Morgan fingerprint density at radius 2 is 2.26 bits per heavy atom. The minimum Gasteiger partial charge on any atom is -0.419 e. The number of rotatable bonds is 4. The first-order valence-corrected chi connectivity index (χ1v) is 5.56. The topological polar surface area (TPSA) is 105 Å². The predicted molar refractivity (Wildman–Crippen MR) is 67.5 cm³/mol. The van der Waals surface area contributed by atoms with Crippen LogP contribution in [-0.4, -0.2) is 16.5 Å². The molecule has 0 unspecified atom stereocenters. The fourth-order valence-corrected chi connectivity index (χ4v) is 1.61. The van der Waals surface area contributed by atoms with Crippen molar-refractivity contribution in [3.63, 3.8) is 0 Å². The average Bonchev–Trinajstić information content (AvgIpc) is 2.82. The number of hydrogen-bond donors (Lipinski definition) is 1. The van der Waals surface area contributed by atoms with Crippen molar-refractivity contribution < 1.29 is 9.34 Å². The number of nitriles is 1. The number of anilines is 1. The largest absolute Gasteiger partial charge is 0.419 e. The molecule has 0 aliphatic rings. The van der Waals surface area contributed by atoms with Gasteiger partial charge < -0.3 is 9.73 Å². The molecule has 0 atom stereocenters. The van der Waals surface area contributed by atoms with E-state index in [1.165, 1.54) is 12.1 Å². The van der Waals surface area contributed by atoms with Crippen LogP contribution >= 0.6 is 0 Å². The molecule has 0 bridgehead atoms. The van der Waals surface area contributed by atoms with E-state index in [1.54, 1.807) is 12.1 Å². The highest BCUT2D eigenvalue weighted by Crippen LogP contribution is 2.31. The van der Waals surface area contributed by atoms with Crippen molar-refractivity contribution in [2.75, 3.05) is 11.9 Å². The minimum absolute atomic E-state index is 0.0554. The lowest BCUT2D eigenvalue weighted by Crippen LogP contribution is -1.96. The molecule has 0 aliphatic carbocycles. The number of benzene rings is 1. The van der Waals surface area contributed by atoms with Crippen LogP contribution in [0.5, 0.6) is 0 Å². The summed E-state index contributed by atoms with van der Waals surface area (Å²) in [6.45, 7) is 2.40. The second-order valence-electron chi connectivity index (χ2n) is 3.61. The van der Waals surface area contributed by atoms with Crippen LogP contribution < -0.4 is 5.32 Å². The molecular formula is C12H10N4O3. The third-order valence-corrected chi connectivity index (χ3v) is 2.40. The molecule has 0 fully saturated rings. The maximum atomic E-state index is 10.9. The lowest BCUT2D eigenvalue weighted by molar-refractivity contribution is -0.384. The zero-order chi connectivity index (χ0) is 13.8. The molecule has 0 saturated carbocycles. The van der Waals surface area contributed by atoms with Crippen LogP contribution in [0, 0.1) is 21.4 Å². The summed E-state index contributed by atoms with van der Waals surface area (Å²) < 4.78 is 5.37. The van der Waals surface area contributed by atoms with Gasteiger partial charge in [-0.15, -0.1) is 0 Å². The zero-order valence-corrected chi connectivity index (χ0v) is 10.1. The molecule has 0 radical (unpaired) electrons. The maximum absolute atomic E-state index is 10.9. The summed E-state index contributed by atoms with van der Waals surface area (Å²) in [6, 6.07) is 7.97. The molecule has 19 heavy (non-hydrogen) atoms. The Kier molecular flexibility index (Phi) is 3.43. The summed E-state index contributed by atoms with van der Waals surface area (Å²) in [7, 11) is 0. The monoisotopic (exact) mass is 258 g/mol. The SMILES string of the molecule is CCNc1oc(-c2ccccc2[N+](=O)[O-])nc1C#N. The van der Waals surface area contributed by atoms with E-state index in [0.29, 0.717) is 6.54 Å². The minimum atomic E-state index is -0.515. The highest BCUT2D eigenvalue weighted by Gasteiger charge is 2.21.